The Bertz CT molecular complexity index is 631. The third-order valence-corrected chi connectivity index (χ3v) is 7.82. The zero-order valence-electron chi connectivity index (χ0n) is 14.9. The quantitative estimate of drug-likeness (QED) is 0.695. The number of carbonyl (C=O) groups is 2. The minimum absolute atomic E-state index is 0.105. The highest BCUT2D eigenvalue weighted by atomic mass is 16.5. The molecule has 0 amide bonds. The number of hydrogen-bond acceptors (Lipinski definition) is 3. The summed E-state index contributed by atoms with van der Waals surface area (Å²) < 4.78 is 6.00. The van der Waals surface area contributed by atoms with Crippen LogP contribution >= 0.6 is 0 Å². The SMILES string of the molecule is CO[C@]12CC(=O)C[C@@H]3C(=O)[C@]1(C=C(C)C2)[C@H](C)C[C@@H]1[C@H]3C1(C)C. The van der Waals surface area contributed by atoms with Crippen molar-refractivity contribution in [3.05, 3.63) is 11.6 Å². The van der Waals surface area contributed by atoms with Crippen molar-refractivity contribution >= 4 is 11.6 Å². The van der Waals surface area contributed by atoms with E-state index in [4.69, 9.17) is 4.74 Å². The standard InChI is InChI=1S/C20H28O3/c1-11-8-19(23-5)10-13(21)7-14-16-15(18(16,3)4)6-12(2)20(19,9-11)17(14)22/h9,12,14-16H,6-8,10H2,1-5H3/t12-,14+,15-,16+,19-,20+/m1/s1. The predicted molar refractivity (Wildman–Crippen MR) is 87.8 cm³/mol. The van der Waals surface area contributed by atoms with Crippen molar-refractivity contribution in [3.63, 3.8) is 0 Å². The number of methoxy groups -OCH3 is 1. The molecule has 6 atom stereocenters. The van der Waals surface area contributed by atoms with Gasteiger partial charge in [-0.25, -0.2) is 0 Å². The van der Waals surface area contributed by atoms with Crippen LogP contribution in [0.4, 0.5) is 0 Å². The van der Waals surface area contributed by atoms with Crippen LogP contribution in [-0.2, 0) is 14.3 Å². The molecule has 3 heteroatoms. The maximum atomic E-state index is 13.8. The van der Waals surface area contributed by atoms with E-state index in [0.717, 1.165) is 12.8 Å². The van der Waals surface area contributed by atoms with E-state index in [1.54, 1.807) is 7.11 Å². The van der Waals surface area contributed by atoms with Gasteiger partial charge in [-0.05, 0) is 42.9 Å². The summed E-state index contributed by atoms with van der Waals surface area (Å²) in [6.07, 6.45) is 4.80. The molecule has 0 radical (unpaired) electrons. The van der Waals surface area contributed by atoms with Gasteiger partial charge >= 0.3 is 0 Å². The summed E-state index contributed by atoms with van der Waals surface area (Å²) >= 11 is 0. The van der Waals surface area contributed by atoms with E-state index in [-0.39, 0.29) is 23.0 Å². The van der Waals surface area contributed by atoms with Gasteiger partial charge in [0.2, 0.25) is 0 Å². The second-order valence-corrected chi connectivity index (χ2v) is 9.22. The van der Waals surface area contributed by atoms with E-state index in [1.165, 1.54) is 5.57 Å². The summed E-state index contributed by atoms with van der Waals surface area (Å²) in [4.78, 5) is 26.5. The summed E-state index contributed by atoms with van der Waals surface area (Å²) in [5.41, 5.74) is 0.177. The Balaban J connectivity index is 1.93. The molecule has 3 saturated carbocycles. The molecule has 126 valence electrons. The molecule has 1 spiro atoms. The van der Waals surface area contributed by atoms with Crippen molar-refractivity contribution in [2.45, 2.75) is 59.0 Å². The first kappa shape index (κ1) is 15.6. The van der Waals surface area contributed by atoms with Crippen LogP contribution in [0.3, 0.4) is 0 Å². The lowest BCUT2D eigenvalue weighted by molar-refractivity contribution is -0.155. The fourth-order valence-corrected chi connectivity index (χ4v) is 6.75. The number of fused-ring (bicyclic) bond motifs is 3. The van der Waals surface area contributed by atoms with Gasteiger partial charge in [-0.15, -0.1) is 0 Å². The molecule has 3 fully saturated rings. The van der Waals surface area contributed by atoms with Gasteiger partial charge in [0.25, 0.3) is 0 Å². The number of ether oxygens (including phenoxy) is 1. The van der Waals surface area contributed by atoms with Gasteiger partial charge < -0.3 is 4.74 Å². The molecule has 0 aliphatic heterocycles. The number of Topliss-reactive ketones (excluding diaryl/α,β-unsaturated/α-hetero) is 2. The molecule has 0 heterocycles. The van der Waals surface area contributed by atoms with Crippen LogP contribution in [0.5, 0.6) is 0 Å². The van der Waals surface area contributed by atoms with Gasteiger partial charge in [-0.3, -0.25) is 9.59 Å². The lowest BCUT2D eigenvalue weighted by Gasteiger charge is -2.46. The Hall–Kier alpha value is -0.960. The van der Waals surface area contributed by atoms with Gasteiger partial charge in [-0.1, -0.05) is 32.4 Å². The Morgan fingerprint density at radius 1 is 1.22 bits per heavy atom. The Kier molecular flexibility index (Phi) is 2.95. The van der Waals surface area contributed by atoms with Crippen LogP contribution in [-0.4, -0.2) is 24.3 Å². The van der Waals surface area contributed by atoms with Crippen molar-refractivity contribution in [1.29, 1.82) is 0 Å². The van der Waals surface area contributed by atoms with Crippen LogP contribution in [0.15, 0.2) is 11.6 Å². The van der Waals surface area contributed by atoms with E-state index >= 15 is 0 Å². The van der Waals surface area contributed by atoms with Gasteiger partial charge in [0.15, 0.2) is 0 Å². The molecule has 0 saturated heterocycles. The number of carbonyl (C=O) groups excluding carboxylic acids is 2. The topological polar surface area (TPSA) is 43.4 Å². The molecule has 0 aromatic rings. The average Bonchev–Trinajstić information content (AvgIpc) is 2.90. The minimum Gasteiger partial charge on any atom is -0.376 e. The Morgan fingerprint density at radius 3 is 2.57 bits per heavy atom. The first-order valence-corrected chi connectivity index (χ1v) is 8.99. The molecular formula is C20H28O3. The molecule has 4 rings (SSSR count). The van der Waals surface area contributed by atoms with Gasteiger partial charge in [0, 0.05) is 25.9 Å². The number of rotatable bonds is 1. The fourth-order valence-electron chi connectivity index (χ4n) is 6.75. The first-order valence-electron chi connectivity index (χ1n) is 8.99. The summed E-state index contributed by atoms with van der Waals surface area (Å²) in [7, 11) is 1.69. The largest absolute Gasteiger partial charge is 0.376 e. The van der Waals surface area contributed by atoms with Crippen molar-refractivity contribution in [3.8, 4) is 0 Å². The first-order chi connectivity index (χ1) is 10.7. The highest BCUT2D eigenvalue weighted by Gasteiger charge is 2.73. The second kappa shape index (κ2) is 4.36. The molecule has 3 nitrogen and oxygen atoms in total. The monoisotopic (exact) mass is 316 g/mol. The van der Waals surface area contributed by atoms with E-state index < -0.39 is 11.0 Å². The molecule has 4 aliphatic carbocycles. The average molecular weight is 316 g/mol. The highest BCUT2D eigenvalue weighted by Crippen LogP contribution is 2.72. The summed E-state index contributed by atoms with van der Waals surface area (Å²) in [5, 5.41) is 0. The van der Waals surface area contributed by atoms with Gasteiger partial charge in [0.1, 0.15) is 11.6 Å². The minimum atomic E-state index is -0.639. The van der Waals surface area contributed by atoms with E-state index in [2.05, 4.69) is 33.8 Å². The molecule has 2 bridgehead atoms. The molecular weight excluding hydrogens is 288 g/mol. The molecule has 0 N–H and O–H groups in total. The molecule has 0 aromatic carbocycles. The third-order valence-electron chi connectivity index (χ3n) is 7.82. The summed E-state index contributed by atoms with van der Waals surface area (Å²) in [6.45, 7) is 8.84. The van der Waals surface area contributed by atoms with Crippen molar-refractivity contribution in [2.75, 3.05) is 7.11 Å². The van der Waals surface area contributed by atoms with Crippen LogP contribution in [0, 0.1) is 34.5 Å². The number of ketones is 2. The second-order valence-electron chi connectivity index (χ2n) is 9.22. The van der Waals surface area contributed by atoms with E-state index in [0.29, 0.717) is 30.5 Å². The predicted octanol–water partition coefficient (Wildman–Crippen LogP) is 3.57. The molecule has 0 unspecified atom stereocenters. The zero-order chi connectivity index (χ0) is 16.8. The van der Waals surface area contributed by atoms with Crippen LogP contribution in [0.1, 0.15) is 53.4 Å². The zero-order valence-corrected chi connectivity index (χ0v) is 14.9. The van der Waals surface area contributed by atoms with Crippen LogP contribution in [0.2, 0.25) is 0 Å². The van der Waals surface area contributed by atoms with Gasteiger partial charge in [-0.2, -0.15) is 0 Å². The van der Waals surface area contributed by atoms with Crippen molar-refractivity contribution in [1.82, 2.24) is 0 Å². The normalized spacial score (nSPS) is 50.6. The maximum Gasteiger partial charge on any atom is 0.149 e. The third kappa shape index (κ3) is 1.65. The van der Waals surface area contributed by atoms with Gasteiger partial charge in [0.05, 0.1) is 11.0 Å². The van der Waals surface area contributed by atoms with E-state index in [1.807, 2.05) is 0 Å². The summed E-state index contributed by atoms with van der Waals surface area (Å²) in [5.74, 6) is 1.59. The Labute approximate surface area is 138 Å². The van der Waals surface area contributed by atoms with Crippen LogP contribution < -0.4 is 0 Å². The number of hydrogen-bond donors (Lipinski definition) is 0. The maximum absolute atomic E-state index is 13.8. The Morgan fingerprint density at radius 2 is 1.91 bits per heavy atom. The van der Waals surface area contributed by atoms with Crippen molar-refractivity contribution in [2.24, 2.45) is 34.5 Å². The lowest BCUT2D eigenvalue weighted by atomic mass is 9.60. The molecule has 23 heavy (non-hydrogen) atoms. The highest BCUT2D eigenvalue weighted by molar-refractivity contribution is 5.99. The molecule has 0 aromatic heterocycles. The molecule has 4 aliphatic rings. The smallest absolute Gasteiger partial charge is 0.149 e. The lowest BCUT2D eigenvalue weighted by Crippen LogP contribution is -2.55. The fraction of sp³-hybridized carbons (Fsp3) is 0.800. The van der Waals surface area contributed by atoms with E-state index in [9.17, 15) is 9.59 Å². The summed E-state index contributed by atoms with van der Waals surface area (Å²) in [6, 6.07) is 0. The van der Waals surface area contributed by atoms with Crippen LogP contribution in [0.25, 0.3) is 0 Å². The van der Waals surface area contributed by atoms with Crippen molar-refractivity contribution < 1.29 is 14.3 Å².